The van der Waals surface area contributed by atoms with Crippen molar-refractivity contribution in [3.8, 4) is 0 Å². The molecule has 108 valence electrons. The van der Waals surface area contributed by atoms with Gasteiger partial charge in [-0.2, -0.15) is 0 Å². The van der Waals surface area contributed by atoms with Crippen LogP contribution >= 0.6 is 0 Å². The van der Waals surface area contributed by atoms with E-state index in [0.29, 0.717) is 0 Å². The molecule has 3 heteroatoms. The van der Waals surface area contributed by atoms with E-state index in [1.807, 2.05) is 30.3 Å². The minimum absolute atomic E-state index is 0.103. The quantitative estimate of drug-likeness (QED) is 0.622. The third kappa shape index (κ3) is 2.47. The lowest BCUT2D eigenvalue weighted by Gasteiger charge is -2.21. The largest absolute Gasteiger partial charge is 0.460 e. The topological polar surface area (TPSA) is 38.8 Å². The first-order chi connectivity index (χ1) is 9.76. The third-order valence-corrected chi connectivity index (χ3v) is 4.53. The standard InChI is InChI=1S/C17H22O3/c1-2-17(13-9-5-3-6-10-13)15(20-17)16(18)19-14-11-7-4-8-12-14/h3,5-6,9-10,14-15H,2,4,7-8,11-12H2,1H3. The molecule has 3 rings (SSSR count). The van der Waals surface area contributed by atoms with Crippen molar-refractivity contribution in [2.45, 2.75) is 63.3 Å². The summed E-state index contributed by atoms with van der Waals surface area (Å²) in [4.78, 5) is 12.3. The van der Waals surface area contributed by atoms with Gasteiger partial charge in [0.1, 0.15) is 11.7 Å². The van der Waals surface area contributed by atoms with E-state index >= 15 is 0 Å². The van der Waals surface area contributed by atoms with Gasteiger partial charge in [0.25, 0.3) is 0 Å². The highest BCUT2D eigenvalue weighted by atomic mass is 16.7. The minimum atomic E-state index is -0.451. The highest BCUT2D eigenvalue weighted by Crippen LogP contribution is 2.49. The zero-order chi connectivity index (χ0) is 14.0. The van der Waals surface area contributed by atoms with E-state index in [0.717, 1.165) is 24.8 Å². The second-order valence-electron chi connectivity index (χ2n) is 5.80. The number of carbonyl (C=O) groups is 1. The summed E-state index contributed by atoms with van der Waals surface area (Å²) >= 11 is 0. The van der Waals surface area contributed by atoms with Crippen LogP contribution in [0.25, 0.3) is 0 Å². The maximum Gasteiger partial charge on any atom is 0.339 e. The summed E-state index contributed by atoms with van der Waals surface area (Å²) in [7, 11) is 0. The van der Waals surface area contributed by atoms with Gasteiger partial charge < -0.3 is 9.47 Å². The predicted molar refractivity (Wildman–Crippen MR) is 76.2 cm³/mol. The number of hydrogen-bond acceptors (Lipinski definition) is 3. The molecule has 1 aliphatic heterocycles. The number of epoxide rings is 1. The Morgan fingerprint density at radius 1 is 1.25 bits per heavy atom. The van der Waals surface area contributed by atoms with Crippen molar-refractivity contribution in [1.82, 2.24) is 0 Å². The molecule has 2 fully saturated rings. The van der Waals surface area contributed by atoms with Gasteiger partial charge >= 0.3 is 5.97 Å². The van der Waals surface area contributed by atoms with Crippen LogP contribution in [-0.2, 0) is 19.9 Å². The fourth-order valence-electron chi connectivity index (χ4n) is 3.24. The first-order valence-electron chi connectivity index (χ1n) is 7.70. The van der Waals surface area contributed by atoms with Crippen molar-refractivity contribution in [2.75, 3.05) is 0 Å². The molecule has 2 aliphatic rings. The van der Waals surface area contributed by atoms with Crippen molar-refractivity contribution < 1.29 is 14.3 Å². The first kappa shape index (κ1) is 13.6. The Kier molecular flexibility index (Phi) is 3.79. The van der Waals surface area contributed by atoms with Crippen molar-refractivity contribution in [2.24, 2.45) is 0 Å². The SMILES string of the molecule is CCC1(c2ccccc2)OC1C(=O)OC1CCCCC1. The van der Waals surface area contributed by atoms with Crippen LogP contribution in [0.4, 0.5) is 0 Å². The molecule has 0 bridgehead atoms. The van der Waals surface area contributed by atoms with Crippen LogP contribution in [0, 0.1) is 0 Å². The Morgan fingerprint density at radius 2 is 1.95 bits per heavy atom. The molecule has 1 saturated heterocycles. The summed E-state index contributed by atoms with van der Waals surface area (Å²) in [6.45, 7) is 2.06. The van der Waals surface area contributed by atoms with Crippen LogP contribution < -0.4 is 0 Å². The van der Waals surface area contributed by atoms with Gasteiger partial charge in [-0.25, -0.2) is 4.79 Å². The second kappa shape index (κ2) is 5.57. The summed E-state index contributed by atoms with van der Waals surface area (Å²) in [5.74, 6) is -0.178. The first-order valence-corrected chi connectivity index (χ1v) is 7.70. The number of benzene rings is 1. The van der Waals surface area contributed by atoms with Crippen molar-refractivity contribution >= 4 is 5.97 Å². The molecule has 1 saturated carbocycles. The summed E-state index contributed by atoms with van der Waals surface area (Å²) in [6, 6.07) is 10.00. The molecule has 1 aromatic carbocycles. The number of ether oxygens (including phenoxy) is 2. The Labute approximate surface area is 120 Å². The average Bonchev–Trinajstić information content (AvgIpc) is 3.25. The van der Waals surface area contributed by atoms with E-state index in [1.165, 1.54) is 19.3 Å². The molecule has 2 atom stereocenters. The summed E-state index contributed by atoms with van der Waals surface area (Å²) in [5.41, 5.74) is 0.626. The lowest BCUT2D eigenvalue weighted by atomic mass is 9.92. The predicted octanol–water partition coefficient (Wildman–Crippen LogP) is 3.57. The maximum atomic E-state index is 12.3. The smallest absolute Gasteiger partial charge is 0.339 e. The van der Waals surface area contributed by atoms with Gasteiger partial charge in [0.15, 0.2) is 6.10 Å². The molecule has 3 nitrogen and oxygen atoms in total. The Bertz CT molecular complexity index is 464. The fourth-order valence-corrected chi connectivity index (χ4v) is 3.24. The summed E-state index contributed by atoms with van der Waals surface area (Å²) in [6.07, 6.45) is 6.08. The van der Waals surface area contributed by atoms with Crippen LogP contribution in [0.3, 0.4) is 0 Å². The minimum Gasteiger partial charge on any atom is -0.460 e. The molecule has 0 radical (unpaired) electrons. The number of rotatable bonds is 4. The molecule has 0 amide bonds. The van der Waals surface area contributed by atoms with Gasteiger partial charge in [-0.1, -0.05) is 43.7 Å². The molecule has 1 aromatic rings. The van der Waals surface area contributed by atoms with E-state index < -0.39 is 11.7 Å². The van der Waals surface area contributed by atoms with E-state index in [-0.39, 0.29) is 12.1 Å². The molecule has 0 spiro atoms. The fraction of sp³-hybridized carbons (Fsp3) is 0.588. The Hall–Kier alpha value is -1.35. The van der Waals surface area contributed by atoms with Crippen LogP contribution in [-0.4, -0.2) is 18.2 Å². The highest BCUT2D eigenvalue weighted by Gasteiger charge is 2.61. The van der Waals surface area contributed by atoms with Gasteiger partial charge in [-0.05, 0) is 37.7 Å². The molecular weight excluding hydrogens is 252 g/mol. The third-order valence-electron chi connectivity index (χ3n) is 4.53. The van der Waals surface area contributed by atoms with Crippen LogP contribution in [0.15, 0.2) is 30.3 Å². The zero-order valence-corrected chi connectivity index (χ0v) is 12.0. The monoisotopic (exact) mass is 274 g/mol. The van der Waals surface area contributed by atoms with E-state index in [2.05, 4.69) is 6.92 Å². The molecule has 1 aliphatic carbocycles. The van der Waals surface area contributed by atoms with Crippen molar-refractivity contribution in [1.29, 1.82) is 0 Å². The Morgan fingerprint density at radius 3 is 2.60 bits per heavy atom. The highest BCUT2D eigenvalue weighted by molar-refractivity contribution is 5.80. The van der Waals surface area contributed by atoms with Gasteiger partial charge in [0.2, 0.25) is 0 Å². The van der Waals surface area contributed by atoms with E-state index in [1.54, 1.807) is 0 Å². The lowest BCUT2D eigenvalue weighted by Crippen LogP contribution is -2.27. The lowest BCUT2D eigenvalue weighted by molar-refractivity contribution is -0.152. The summed E-state index contributed by atoms with van der Waals surface area (Å²) < 4.78 is 11.4. The van der Waals surface area contributed by atoms with Gasteiger partial charge in [0.05, 0.1) is 0 Å². The molecule has 0 aromatic heterocycles. The van der Waals surface area contributed by atoms with Crippen LogP contribution in [0.1, 0.15) is 51.0 Å². The van der Waals surface area contributed by atoms with Crippen LogP contribution in [0.5, 0.6) is 0 Å². The second-order valence-corrected chi connectivity index (χ2v) is 5.80. The zero-order valence-electron chi connectivity index (χ0n) is 12.0. The maximum absolute atomic E-state index is 12.3. The molecule has 2 unspecified atom stereocenters. The number of carbonyl (C=O) groups excluding carboxylic acids is 1. The van der Waals surface area contributed by atoms with Crippen LogP contribution in [0.2, 0.25) is 0 Å². The molecule has 1 heterocycles. The Balaban J connectivity index is 1.65. The normalized spacial score (nSPS) is 29.9. The van der Waals surface area contributed by atoms with Gasteiger partial charge in [-0.15, -0.1) is 0 Å². The molecule has 0 N–H and O–H groups in total. The number of hydrogen-bond donors (Lipinski definition) is 0. The average molecular weight is 274 g/mol. The van der Waals surface area contributed by atoms with E-state index in [9.17, 15) is 4.79 Å². The number of esters is 1. The van der Waals surface area contributed by atoms with Crippen molar-refractivity contribution in [3.63, 3.8) is 0 Å². The van der Waals surface area contributed by atoms with E-state index in [4.69, 9.17) is 9.47 Å². The van der Waals surface area contributed by atoms with Gasteiger partial charge in [0, 0.05) is 0 Å². The summed E-state index contributed by atoms with van der Waals surface area (Å²) in [5, 5.41) is 0. The van der Waals surface area contributed by atoms with Crippen molar-refractivity contribution in [3.05, 3.63) is 35.9 Å². The van der Waals surface area contributed by atoms with Gasteiger partial charge in [-0.3, -0.25) is 0 Å². The molecule has 20 heavy (non-hydrogen) atoms. The molecular formula is C17H22O3.